The lowest BCUT2D eigenvalue weighted by Crippen LogP contribution is -2.13. The summed E-state index contributed by atoms with van der Waals surface area (Å²) in [5, 5.41) is 9.93. The number of nitrogens with zero attached hydrogens (tertiary/aromatic N) is 1. The van der Waals surface area contributed by atoms with Gasteiger partial charge in [-0.2, -0.15) is 11.8 Å². The first-order valence-corrected chi connectivity index (χ1v) is 11.0. The van der Waals surface area contributed by atoms with Crippen molar-refractivity contribution in [3.8, 4) is 5.75 Å². The monoisotopic (exact) mass is 411 g/mol. The fraction of sp³-hybridized carbons (Fsp3) is 0.304. The molecule has 29 heavy (non-hydrogen) atoms. The van der Waals surface area contributed by atoms with Crippen molar-refractivity contribution in [3.05, 3.63) is 65.4 Å². The number of fused-ring (bicyclic) bond motifs is 1. The van der Waals surface area contributed by atoms with Gasteiger partial charge in [-0.1, -0.05) is 12.1 Å². The molecular weight excluding hydrogens is 386 g/mol. The van der Waals surface area contributed by atoms with Gasteiger partial charge in [0.15, 0.2) is 0 Å². The summed E-state index contributed by atoms with van der Waals surface area (Å²) in [4.78, 5) is 24.3. The summed E-state index contributed by atoms with van der Waals surface area (Å²) in [5.74, 6) is 0.855. The van der Waals surface area contributed by atoms with E-state index in [1.165, 1.54) is 0 Å². The Balaban J connectivity index is 1.79. The van der Waals surface area contributed by atoms with E-state index in [0.717, 1.165) is 40.9 Å². The van der Waals surface area contributed by atoms with E-state index >= 15 is 0 Å². The fourth-order valence-corrected chi connectivity index (χ4v) is 3.87. The van der Waals surface area contributed by atoms with Crippen LogP contribution in [0.3, 0.4) is 0 Å². The molecule has 0 aliphatic carbocycles. The van der Waals surface area contributed by atoms with Crippen LogP contribution in [0, 0.1) is 6.92 Å². The number of thioether (sulfide) groups is 1. The molecule has 0 saturated heterocycles. The molecule has 0 amide bonds. The van der Waals surface area contributed by atoms with Gasteiger partial charge in [0.05, 0.1) is 18.5 Å². The molecule has 1 N–H and O–H groups in total. The van der Waals surface area contributed by atoms with Gasteiger partial charge < -0.3 is 9.84 Å². The van der Waals surface area contributed by atoms with Crippen molar-refractivity contribution in [2.24, 2.45) is 0 Å². The molecule has 5 nitrogen and oxygen atoms in total. The maximum absolute atomic E-state index is 13.1. The molecule has 0 unspecified atom stereocenters. The summed E-state index contributed by atoms with van der Waals surface area (Å²) in [5.41, 5.74) is 2.76. The lowest BCUT2D eigenvalue weighted by Gasteiger charge is -2.09. The summed E-state index contributed by atoms with van der Waals surface area (Å²) in [7, 11) is 0. The number of carbonyl (C=O) groups is 2. The number of aliphatic carboxylic acids is 1. The topological polar surface area (TPSA) is 68.5 Å². The average molecular weight is 412 g/mol. The smallest absolute Gasteiger partial charge is 0.307 e. The molecule has 6 heteroatoms. The van der Waals surface area contributed by atoms with Crippen molar-refractivity contribution in [3.63, 3.8) is 0 Å². The SMILES string of the molecule is CSCCCCOc1ccc(C(=O)n2c(C)cc3c(CC(=O)O)cccc32)cc1. The molecule has 152 valence electrons. The van der Waals surface area contributed by atoms with E-state index in [-0.39, 0.29) is 12.3 Å². The molecule has 1 heterocycles. The predicted molar refractivity (Wildman–Crippen MR) is 117 cm³/mol. The summed E-state index contributed by atoms with van der Waals surface area (Å²) < 4.78 is 7.38. The van der Waals surface area contributed by atoms with Crippen molar-refractivity contribution in [2.75, 3.05) is 18.6 Å². The van der Waals surface area contributed by atoms with E-state index < -0.39 is 5.97 Å². The maximum atomic E-state index is 13.1. The summed E-state index contributed by atoms with van der Waals surface area (Å²) >= 11 is 1.83. The number of ether oxygens (including phenoxy) is 1. The molecule has 0 atom stereocenters. The Bertz CT molecular complexity index is 1010. The van der Waals surface area contributed by atoms with E-state index in [9.17, 15) is 9.59 Å². The van der Waals surface area contributed by atoms with Gasteiger partial charge in [-0.05, 0) is 73.7 Å². The van der Waals surface area contributed by atoms with Gasteiger partial charge in [-0.25, -0.2) is 0 Å². The van der Waals surface area contributed by atoms with Gasteiger partial charge in [-0.3, -0.25) is 14.2 Å². The molecule has 2 aromatic carbocycles. The van der Waals surface area contributed by atoms with Gasteiger partial charge in [0.2, 0.25) is 0 Å². The predicted octanol–water partition coefficient (Wildman–Crippen LogP) is 4.79. The first-order chi connectivity index (χ1) is 14.0. The number of aryl methyl sites for hydroxylation is 1. The third-order valence-corrected chi connectivity index (χ3v) is 5.47. The molecule has 0 radical (unpaired) electrons. The highest BCUT2D eigenvalue weighted by molar-refractivity contribution is 7.98. The van der Waals surface area contributed by atoms with Crippen LogP contribution in [-0.2, 0) is 11.2 Å². The highest BCUT2D eigenvalue weighted by Gasteiger charge is 2.17. The van der Waals surface area contributed by atoms with Crippen LogP contribution in [0.4, 0.5) is 0 Å². The molecule has 0 spiro atoms. The van der Waals surface area contributed by atoms with Gasteiger partial charge in [0, 0.05) is 16.6 Å². The Kier molecular flexibility index (Phi) is 6.99. The van der Waals surface area contributed by atoms with Crippen molar-refractivity contribution in [2.45, 2.75) is 26.2 Å². The second-order valence-electron chi connectivity index (χ2n) is 6.92. The lowest BCUT2D eigenvalue weighted by atomic mass is 10.1. The Morgan fingerprint density at radius 2 is 1.86 bits per heavy atom. The largest absolute Gasteiger partial charge is 0.494 e. The third kappa shape index (κ3) is 5.01. The number of carboxylic acids is 1. The number of unbranched alkanes of at least 4 members (excludes halogenated alkanes) is 1. The molecule has 0 saturated carbocycles. The number of aromatic nitrogens is 1. The zero-order valence-electron chi connectivity index (χ0n) is 16.7. The van der Waals surface area contributed by atoms with Crippen LogP contribution >= 0.6 is 11.8 Å². The van der Waals surface area contributed by atoms with Crippen LogP contribution in [-0.4, -0.2) is 40.2 Å². The highest BCUT2D eigenvalue weighted by Crippen LogP contribution is 2.25. The van der Waals surface area contributed by atoms with Crippen LogP contribution in [0.15, 0.2) is 48.5 Å². The van der Waals surface area contributed by atoms with Crippen molar-refractivity contribution < 1.29 is 19.4 Å². The highest BCUT2D eigenvalue weighted by atomic mass is 32.2. The summed E-state index contributed by atoms with van der Waals surface area (Å²) in [6.07, 6.45) is 4.16. The van der Waals surface area contributed by atoms with E-state index in [1.54, 1.807) is 28.8 Å². The van der Waals surface area contributed by atoms with Gasteiger partial charge in [-0.15, -0.1) is 0 Å². The Morgan fingerprint density at radius 1 is 1.10 bits per heavy atom. The van der Waals surface area contributed by atoms with E-state index in [2.05, 4.69) is 6.26 Å². The van der Waals surface area contributed by atoms with Crippen LogP contribution in [0.5, 0.6) is 5.75 Å². The minimum atomic E-state index is -0.890. The van der Waals surface area contributed by atoms with Crippen LogP contribution in [0.2, 0.25) is 0 Å². The number of hydrogen-bond acceptors (Lipinski definition) is 4. The Labute approximate surface area is 174 Å². The lowest BCUT2D eigenvalue weighted by molar-refractivity contribution is -0.136. The molecule has 3 aromatic rings. The minimum Gasteiger partial charge on any atom is -0.494 e. The van der Waals surface area contributed by atoms with Crippen molar-refractivity contribution in [1.29, 1.82) is 0 Å². The first-order valence-electron chi connectivity index (χ1n) is 9.59. The maximum Gasteiger partial charge on any atom is 0.307 e. The average Bonchev–Trinajstić information content (AvgIpc) is 3.04. The first kappa shape index (κ1) is 21.0. The standard InChI is InChI=1S/C23H25NO4S/c1-16-14-20-18(15-22(25)26)6-5-7-21(20)24(16)23(27)17-8-10-19(11-9-17)28-12-3-4-13-29-2/h5-11,14H,3-4,12-13,15H2,1-2H3,(H,25,26). The van der Waals surface area contributed by atoms with E-state index in [4.69, 9.17) is 9.84 Å². The van der Waals surface area contributed by atoms with E-state index in [1.807, 2.05) is 43.0 Å². The number of rotatable bonds is 9. The fourth-order valence-electron chi connectivity index (χ4n) is 3.37. The summed E-state index contributed by atoms with van der Waals surface area (Å²) in [6, 6.07) is 14.5. The number of hydrogen-bond donors (Lipinski definition) is 1. The third-order valence-electron chi connectivity index (χ3n) is 4.78. The molecule has 3 rings (SSSR count). The van der Waals surface area contributed by atoms with E-state index in [0.29, 0.717) is 17.7 Å². The van der Waals surface area contributed by atoms with Crippen molar-refractivity contribution in [1.82, 2.24) is 4.57 Å². The van der Waals surface area contributed by atoms with Crippen LogP contribution < -0.4 is 4.74 Å². The Morgan fingerprint density at radius 3 is 2.55 bits per heavy atom. The van der Waals surface area contributed by atoms with Gasteiger partial charge in [0.25, 0.3) is 5.91 Å². The normalized spacial score (nSPS) is 11.0. The molecular formula is C23H25NO4S. The number of benzene rings is 2. The van der Waals surface area contributed by atoms with Gasteiger partial charge >= 0.3 is 5.97 Å². The van der Waals surface area contributed by atoms with Crippen LogP contribution in [0.1, 0.15) is 34.5 Å². The number of carbonyl (C=O) groups excluding carboxylic acids is 1. The van der Waals surface area contributed by atoms with Crippen LogP contribution in [0.25, 0.3) is 10.9 Å². The second kappa shape index (κ2) is 9.65. The van der Waals surface area contributed by atoms with Gasteiger partial charge in [0.1, 0.15) is 5.75 Å². The van der Waals surface area contributed by atoms with Crippen molar-refractivity contribution >= 4 is 34.5 Å². The molecule has 0 aliphatic heterocycles. The molecule has 0 fully saturated rings. The quantitative estimate of drug-likeness (QED) is 0.513. The molecule has 0 aliphatic rings. The molecule has 1 aromatic heterocycles. The molecule has 0 bridgehead atoms. The number of carboxylic acid groups (broad SMARTS) is 1. The zero-order chi connectivity index (χ0) is 20.8. The summed E-state index contributed by atoms with van der Waals surface area (Å²) in [6.45, 7) is 2.52. The minimum absolute atomic E-state index is 0.0715. The Hall–Kier alpha value is -2.73. The zero-order valence-corrected chi connectivity index (χ0v) is 17.5. The second-order valence-corrected chi connectivity index (χ2v) is 7.91.